The Labute approximate surface area is 101 Å². The summed E-state index contributed by atoms with van der Waals surface area (Å²) in [7, 11) is 0. The fraction of sp³-hybridized carbons (Fsp3) is 0.538. The second-order valence-corrected chi connectivity index (χ2v) is 4.90. The van der Waals surface area contributed by atoms with Crippen molar-refractivity contribution >= 4 is 11.7 Å². The number of anilines is 1. The zero-order chi connectivity index (χ0) is 12.4. The van der Waals surface area contributed by atoms with Crippen molar-refractivity contribution in [1.82, 2.24) is 4.98 Å². The molecule has 2 atom stereocenters. The standard InChI is InChI=1S/C13H18N2O2/c1-9-5-6-15(8-10(9)2)11-3-4-12(13(16)17)14-7-11/h3-4,7,9-10H,5-6,8H2,1-2H3,(H,16,17). The van der Waals surface area contributed by atoms with Crippen LogP contribution >= 0.6 is 0 Å². The van der Waals surface area contributed by atoms with Crippen LogP contribution in [0.2, 0.25) is 0 Å². The van der Waals surface area contributed by atoms with Crippen LogP contribution in [0.5, 0.6) is 0 Å². The SMILES string of the molecule is CC1CCN(c2ccc(C(=O)O)nc2)CC1C. The Balaban J connectivity index is 2.10. The first-order valence-electron chi connectivity index (χ1n) is 6.02. The number of hydrogen-bond donors (Lipinski definition) is 1. The van der Waals surface area contributed by atoms with Crippen LogP contribution in [0.1, 0.15) is 30.8 Å². The molecule has 0 amide bonds. The number of hydrogen-bond acceptors (Lipinski definition) is 3. The third-order valence-corrected chi connectivity index (χ3v) is 3.67. The normalized spacial score (nSPS) is 24.7. The summed E-state index contributed by atoms with van der Waals surface area (Å²) in [5.41, 5.74) is 1.13. The van der Waals surface area contributed by atoms with Crippen molar-refractivity contribution in [2.24, 2.45) is 11.8 Å². The molecule has 1 aromatic rings. The van der Waals surface area contributed by atoms with Gasteiger partial charge in [-0.25, -0.2) is 9.78 Å². The van der Waals surface area contributed by atoms with Crippen molar-refractivity contribution in [3.63, 3.8) is 0 Å². The van der Waals surface area contributed by atoms with Gasteiger partial charge in [-0.15, -0.1) is 0 Å². The average molecular weight is 234 g/mol. The van der Waals surface area contributed by atoms with Crippen molar-refractivity contribution in [2.45, 2.75) is 20.3 Å². The minimum Gasteiger partial charge on any atom is -0.477 e. The predicted molar refractivity (Wildman–Crippen MR) is 66.4 cm³/mol. The maximum Gasteiger partial charge on any atom is 0.354 e. The number of rotatable bonds is 2. The van der Waals surface area contributed by atoms with Crippen LogP contribution < -0.4 is 4.90 Å². The van der Waals surface area contributed by atoms with Crippen molar-refractivity contribution in [3.8, 4) is 0 Å². The number of piperidine rings is 1. The summed E-state index contributed by atoms with van der Waals surface area (Å²) in [6, 6.07) is 3.42. The molecule has 1 aromatic heterocycles. The Kier molecular flexibility index (Phi) is 3.31. The Bertz CT molecular complexity index is 402. The quantitative estimate of drug-likeness (QED) is 0.852. The van der Waals surface area contributed by atoms with E-state index in [1.807, 2.05) is 6.07 Å². The molecule has 0 spiro atoms. The molecule has 1 aliphatic heterocycles. The molecule has 2 rings (SSSR count). The van der Waals surface area contributed by atoms with Gasteiger partial charge < -0.3 is 10.0 Å². The van der Waals surface area contributed by atoms with Gasteiger partial charge >= 0.3 is 5.97 Å². The first-order valence-corrected chi connectivity index (χ1v) is 6.02. The molecule has 1 fully saturated rings. The van der Waals surface area contributed by atoms with E-state index in [9.17, 15) is 4.79 Å². The highest BCUT2D eigenvalue weighted by molar-refractivity contribution is 5.85. The molecule has 0 bridgehead atoms. The van der Waals surface area contributed by atoms with Gasteiger partial charge in [0.1, 0.15) is 5.69 Å². The third kappa shape index (κ3) is 2.57. The molecule has 0 saturated carbocycles. The third-order valence-electron chi connectivity index (χ3n) is 3.67. The molecule has 92 valence electrons. The smallest absolute Gasteiger partial charge is 0.354 e. The zero-order valence-electron chi connectivity index (χ0n) is 10.3. The maximum atomic E-state index is 10.7. The molecule has 4 nitrogen and oxygen atoms in total. The van der Waals surface area contributed by atoms with Gasteiger partial charge in [0.25, 0.3) is 0 Å². The molecule has 4 heteroatoms. The lowest BCUT2D eigenvalue weighted by Crippen LogP contribution is -2.38. The highest BCUT2D eigenvalue weighted by Crippen LogP contribution is 2.26. The Morgan fingerprint density at radius 1 is 1.41 bits per heavy atom. The van der Waals surface area contributed by atoms with Crippen molar-refractivity contribution < 1.29 is 9.90 Å². The van der Waals surface area contributed by atoms with E-state index in [1.54, 1.807) is 12.3 Å². The molecule has 0 aliphatic carbocycles. The van der Waals surface area contributed by atoms with Crippen LogP contribution in [0.4, 0.5) is 5.69 Å². The van der Waals surface area contributed by atoms with Crippen LogP contribution in [-0.2, 0) is 0 Å². The van der Waals surface area contributed by atoms with Gasteiger partial charge in [0.05, 0.1) is 11.9 Å². The van der Waals surface area contributed by atoms with Crippen molar-refractivity contribution in [2.75, 3.05) is 18.0 Å². The van der Waals surface area contributed by atoms with Gasteiger partial charge in [-0.3, -0.25) is 0 Å². The minimum absolute atomic E-state index is 0.104. The van der Waals surface area contributed by atoms with E-state index in [2.05, 4.69) is 23.7 Å². The topological polar surface area (TPSA) is 53.4 Å². The predicted octanol–water partition coefficient (Wildman–Crippen LogP) is 2.26. The summed E-state index contributed by atoms with van der Waals surface area (Å²) in [4.78, 5) is 16.9. The van der Waals surface area contributed by atoms with Crippen LogP contribution in [0.15, 0.2) is 18.3 Å². The summed E-state index contributed by atoms with van der Waals surface area (Å²) in [5, 5.41) is 8.79. The number of carboxylic acids is 1. The van der Waals surface area contributed by atoms with E-state index in [4.69, 9.17) is 5.11 Å². The van der Waals surface area contributed by atoms with E-state index >= 15 is 0 Å². The number of carbonyl (C=O) groups is 1. The number of aromatic carboxylic acids is 1. The molecule has 1 aliphatic rings. The molecule has 17 heavy (non-hydrogen) atoms. The number of nitrogens with zero attached hydrogens (tertiary/aromatic N) is 2. The number of aromatic nitrogens is 1. The van der Waals surface area contributed by atoms with Crippen molar-refractivity contribution in [3.05, 3.63) is 24.0 Å². The Hall–Kier alpha value is -1.58. The molecular formula is C13H18N2O2. The minimum atomic E-state index is -0.975. The van der Waals surface area contributed by atoms with E-state index in [0.717, 1.165) is 24.7 Å². The van der Waals surface area contributed by atoms with Gasteiger partial charge in [0.15, 0.2) is 0 Å². The largest absolute Gasteiger partial charge is 0.477 e. The second-order valence-electron chi connectivity index (χ2n) is 4.90. The summed E-state index contributed by atoms with van der Waals surface area (Å²) < 4.78 is 0. The van der Waals surface area contributed by atoms with Gasteiger partial charge in [0.2, 0.25) is 0 Å². The van der Waals surface area contributed by atoms with Gasteiger partial charge in [-0.1, -0.05) is 13.8 Å². The summed E-state index contributed by atoms with van der Waals surface area (Å²) >= 11 is 0. The molecular weight excluding hydrogens is 216 g/mol. The van der Waals surface area contributed by atoms with Gasteiger partial charge in [-0.05, 0) is 30.4 Å². The molecule has 0 radical (unpaired) electrons. The molecule has 2 unspecified atom stereocenters. The molecule has 1 N–H and O–H groups in total. The fourth-order valence-electron chi connectivity index (χ4n) is 2.20. The lowest BCUT2D eigenvalue weighted by atomic mass is 9.88. The van der Waals surface area contributed by atoms with E-state index in [-0.39, 0.29) is 5.69 Å². The van der Waals surface area contributed by atoms with Crippen molar-refractivity contribution in [1.29, 1.82) is 0 Å². The lowest BCUT2D eigenvalue weighted by Gasteiger charge is -2.36. The first-order chi connectivity index (χ1) is 8.08. The highest BCUT2D eigenvalue weighted by Gasteiger charge is 2.22. The zero-order valence-corrected chi connectivity index (χ0v) is 10.3. The fourth-order valence-corrected chi connectivity index (χ4v) is 2.20. The molecule has 0 aromatic carbocycles. The Morgan fingerprint density at radius 3 is 2.71 bits per heavy atom. The summed E-state index contributed by atoms with van der Waals surface area (Å²) in [6.07, 6.45) is 2.84. The molecule has 2 heterocycles. The summed E-state index contributed by atoms with van der Waals surface area (Å²) in [5.74, 6) is 0.456. The first kappa shape index (κ1) is 11.9. The maximum absolute atomic E-state index is 10.7. The lowest BCUT2D eigenvalue weighted by molar-refractivity contribution is 0.0690. The molecule has 1 saturated heterocycles. The van der Waals surface area contributed by atoms with Crippen LogP contribution in [-0.4, -0.2) is 29.1 Å². The number of carboxylic acid groups (broad SMARTS) is 1. The monoisotopic (exact) mass is 234 g/mol. The van der Waals surface area contributed by atoms with Crippen LogP contribution in [0.25, 0.3) is 0 Å². The van der Waals surface area contributed by atoms with Crippen LogP contribution in [0, 0.1) is 11.8 Å². The highest BCUT2D eigenvalue weighted by atomic mass is 16.4. The van der Waals surface area contributed by atoms with E-state index in [1.165, 1.54) is 6.42 Å². The average Bonchev–Trinajstić information content (AvgIpc) is 2.33. The van der Waals surface area contributed by atoms with E-state index < -0.39 is 5.97 Å². The summed E-state index contributed by atoms with van der Waals surface area (Å²) in [6.45, 7) is 6.60. The van der Waals surface area contributed by atoms with Gasteiger partial charge in [-0.2, -0.15) is 0 Å². The number of pyridine rings is 1. The second kappa shape index (κ2) is 4.73. The Morgan fingerprint density at radius 2 is 2.18 bits per heavy atom. The van der Waals surface area contributed by atoms with E-state index in [0.29, 0.717) is 5.92 Å². The van der Waals surface area contributed by atoms with Crippen LogP contribution in [0.3, 0.4) is 0 Å². The van der Waals surface area contributed by atoms with Gasteiger partial charge in [0, 0.05) is 13.1 Å².